The maximum atomic E-state index is 13.5. The van der Waals surface area contributed by atoms with Crippen molar-refractivity contribution in [1.82, 2.24) is 9.88 Å². The number of carbonyl (C=O) groups excluding carboxylic acids is 1. The van der Waals surface area contributed by atoms with Crippen molar-refractivity contribution in [2.24, 2.45) is 5.41 Å². The van der Waals surface area contributed by atoms with Crippen molar-refractivity contribution < 1.29 is 13.6 Å². The minimum atomic E-state index is -2.64. The summed E-state index contributed by atoms with van der Waals surface area (Å²) < 4.78 is 27.0. The van der Waals surface area contributed by atoms with E-state index in [1.165, 1.54) is 6.20 Å². The second-order valence-electron chi connectivity index (χ2n) is 6.09. The summed E-state index contributed by atoms with van der Waals surface area (Å²) in [6, 6.07) is 3.34. The smallest absolute Gasteiger partial charge is 0.252 e. The Kier molecular flexibility index (Phi) is 3.59. The highest BCUT2D eigenvalue weighted by Crippen LogP contribution is 2.52. The number of aromatic nitrogens is 1. The summed E-state index contributed by atoms with van der Waals surface area (Å²) >= 11 is 0. The number of nitriles is 1. The summed E-state index contributed by atoms with van der Waals surface area (Å²) in [6.45, 7) is 1.65. The molecule has 0 aliphatic carbocycles. The summed E-state index contributed by atoms with van der Waals surface area (Å²) in [6.07, 6.45) is 2.27. The van der Waals surface area contributed by atoms with Gasteiger partial charge in [0.15, 0.2) is 0 Å². The summed E-state index contributed by atoms with van der Waals surface area (Å²) in [4.78, 5) is 18.3. The van der Waals surface area contributed by atoms with Gasteiger partial charge >= 0.3 is 0 Å². The van der Waals surface area contributed by atoms with Crippen LogP contribution in [0.3, 0.4) is 0 Å². The number of halogens is 2. The molecule has 2 aliphatic heterocycles. The van der Waals surface area contributed by atoms with Crippen LogP contribution in [-0.2, 0) is 4.79 Å². The zero-order valence-electron chi connectivity index (χ0n) is 12.3. The molecule has 2 saturated heterocycles. The number of carbonyl (C=O) groups is 1. The van der Waals surface area contributed by atoms with E-state index in [1.807, 2.05) is 6.07 Å². The topological polar surface area (TPSA) is 57.0 Å². The number of hydrogen-bond acceptors (Lipinski definition) is 3. The molecular formula is C16H17F2N3O. The van der Waals surface area contributed by atoms with Gasteiger partial charge in [-0.1, -0.05) is 6.92 Å². The van der Waals surface area contributed by atoms with E-state index < -0.39 is 17.7 Å². The molecule has 0 saturated carbocycles. The lowest BCUT2D eigenvalue weighted by Crippen LogP contribution is -2.40. The van der Waals surface area contributed by atoms with E-state index in [9.17, 15) is 13.6 Å². The molecule has 3 heterocycles. The molecule has 4 nitrogen and oxygen atoms in total. The first-order valence-electron chi connectivity index (χ1n) is 7.49. The van der Waals surface area contributed by atoms with Crippen molar-refractivity contribution in [2.45, 2.75) is 51.1 Å². The van der Waals surface area contributed by atoms with Gasteiger partial charge in [-0.25, -0.2) is 8.78 Å². The van der Waals surface area contributed by atoms with Crippen LogP contribution in [0.15, 0.2) is 18.5 Å². The lowest BCUT2D eigenvalue weighted by atomic mass is 9.81. The number of amides is 1. The second-order valence-corrected chi connectivity index (χ2v) is 6.09. The van der Waals surface area contributed by atoms with Crippen LogP contribution in [0.5, 0.6) is 0 Å². The average molecular weight is 305 g/mol. The van der Waals surface area contributed by atoms with Crippen LogP contribution in [0.4, 0.5) is 8.78 Å². The summed E-state index contributed by atoms with van der Waals surface area (Å²) in [5.74, 6) is -0.445. The van der Waals surface area contributed by atoms with Crippen LogP contribution in [0.25, 0.3) is 0 Å². The van der Waals surface area contributed by atoms with E-state index in [2.05, 4.69) is 4.98 Å². The second kappa shape index (κ2) is 5.31. The maximum absolute atomic E-state index is 13.5. The van der Waals surface area contributed by atoms with Gasteiger partial charge < -0.3 is 4.90 Å². The highest BCUT2D eigenvalue weighted by molar-refractivity contribution is 5.86. The van der Waals surface area contributed by atoms with E-state index >= 15 is 0 Å². The Hall–Kier alpha value is -2.03. The van der Waals surface area contributed by atoms with Gasteiger partial charge in [-0.3, -0.25) is 9.78 Å². The zero-order chi connectivity index (χ0) is 15.9. The first kappa shape index (κ1) is 14.9. The van der Waals surface area contributed by atoms with Gasteiger partial charge in [0.2, 0.25) is 5.91 Å². The third-order valence-corrected chi connectivity index (χ3v) is 5.08. The van der Waals surface area contributed by atoms with Crippen molar-refractivity contribution in [3.63, 3.8) is 0 Å². The molecular weight excluding hydrogens is 288 g/mol. The van der Waals surface area contributed by atoms with Gasteiger partial charge in [-0.05, 0) is 37.3 Å². The van der Waals surface area contributed by atoms with Gasteiger partial charge in [-0.2, -0.15) is 5.26 Å². The SMILES string of the molecule is CCC1(C(F)F)C[C@H]2CC[C@H](c3cncc(C#N)c3)N2C1=O. The first-order valence-corrected chi connectivity index (χ1v) is 7.49. The third kappa shape index (κ3) is 1.99. The lowest BCUT2D eigenvalue weighted by molar-refractivity contribution is -0.146. The quantitative estimate of drug-likeness (QED) is 0.862. The molecule has 1 aromatic heterocycles. The molecule has 0 N–H and O–H groups in total. The number of hydrogen-bond donors (Lipinski definition) is 0. The van der Waals surface area contributed by atoms with Crippen molar-refractivity contribution in [3.8, 4) is 6.07 Å². The molecule has 0 spiro atoms. The van der Waals surface area contributed by atoms with E-state index in [0.717, 1.165) is 18.4 Å². The highest BCUT2D eigenvalue weighted by Gasteiger charge is 2.59. The third-order valence-electron chi connectivity index (χ3n) is 5.08. The van der Waals surface area contributed by atoms with Crippen molar-refractivity contribution in [2.75, 3.05) is 0 Å². The van der Waals surface area contributed by atoms with Crippen molar-refractivity contribution >= 4 is 5.91 Å². The van der Waals surface area contributed by atoms with E-state index in [0.29, 0.717) is 5.56 Å². The minimum absolute atomic E-state index is 0.128. The summed E-state index contributed by atoms with van der Waals surface area (Å²) in [5, 5.41) is 8.97. The predicted octanol–water partition coefficient (Wildman–Crippen LogP) is 3.05. The molecule has 2 fully saturated rings. The van der Waals surface area contributed by atoms with E-state index in [1.54, 1.807) is 24.1 Å². The molecule has 2 aliphatic rings. The molecule has 3 rings (SSSR count). The average Bonchev–Trinajstić information content (AvgIpc) is 3.06. The normalized spacial score (nSPS) is 30.7. The molecule has 0 bridgehead atoms. The molecule has 116 valence electrons. The fourth-order valence-corrected chi connectivity index (χ4v) is 3.82. The van der Waals surface area contributed by atoms with Gasteiger partial charge in [0.25, 0.3) is 6.43 Å². The van der Waals surface area contributed by atoms with Gasteiger partial charge in [0, 0.05) is 18.4 Å². The van der Waals surface area contributed by atoms with Crippen LogP contribution in [0, 0.1) is 16.7 Å². The van der Waals surface area contributed by atoms with Crippen LogP contribution >= 0.6 is 0 Å². The monoisotopic (exact) mass is 305 g/mol. The fourth-order valence-electron chi connectivity index (χ4n) is 3.82. The molecule has 22 heavy (non-hydrogen) atoms. The Labute approximate surface area is 127 Å². The van der Waals surface area contributed by atoms with Crippen LogP contribution < -0.4 is 0 Å². The molecule has 1 amide bonds. The lowest BCUT2D eigenvalue weighted by Gasteiger charge is -2.29. The Morgan fingerprint density at radius 3 is 2.91 bits per heavy atom. The molecule has 0 aromatic carbocycles. The van der Waals surface area contributed by atoms with Crippen LogP contribution in [0.2, 0.25) is 0 Å². The number of pyridine rings is 1. The molecule has 3 atom stereocenters. The fraction of sp³-hybridized carbons (Fsp3) is 0.562. The number of rotatable bonds is 3. The number of alkyl halides is 2. The van der Waals surface area contributed by atoms with Crippen LogP contribution in [-0.4, -0.2) is 28.3 Å². The van der Waals surface area contributed by atoms with Gasteiger partial charge in [-0.15, -0.1) is 0 Å². The van der Waals surface area contributed by atoms with Gasteiger partial charge in [0.05, 0.1) is 11.6 Å². The standard InChI is InChI=1S/C16H17F2N3O/c1-2-16(14(17)18)6-12-3-4-13(21(12)15(16)22)11-5-10(7-19)8-20-9-11/h5,8-9,12-14H,2-4,6H2,1H3/t12-,13-,16?/m1/s1. The first-order chi connectivity index (χ1) is 10.5. The van der Waals surface area contributed by atoms with Crippen molar-refractivity contribution in [3.05, 3.63) is 29.6 Å². The largest absolute Gasteiger partial charge is 0.332 e. The number of fused-ring (bicyclic) bond motifs is 1. The Morgan fingerprint density at radius 1 is 1.50 bits per heavy atom. The summed E-state index contributed by atoms with van der Waals surface area (Å²) in [7, 11) is 0. The van der Waals surface area contributed by atoms with Gasteiger partial charge in [0.1, 0.15) is 11.5 Å². The predicted molar refractivity (Wildman–Crippen MR) is 74.9 cm³/mol. The van der Waals surface area contributed by atoms with Crippen LogP contribution in [0.1, 0.15) is 49.8 Å². The molecule has 1 unspecified atom stereocenters. The molecule has 1 aromatic rings. The zero-order valence-corrected chi connectivity index (χ0v) is 12.3. The van der Waals surface area contributed by atoms with Crippen molar-refractivity contribution in [1.29, 1.82) is 5.26 Å². The summed E-state index contributed by atoms with van der Waals surface area (Å²) in [5.41, 5.74) is -0.358. The maximum Gasteiger partial charge on any atom is 0.252 e. The van der Waals surface area contributed by atoms with E-state index in [-0.39, 0.29) is 24.9 Å². The Bertz CT molecular complexity index is 643. The highest BCUT2D eigenvalue weighted by atomic mass is 19.3. The molecule has 6 heteroatoms. The Balaban J connectivity index is 1.95. The number of nitrogens with zero attached hydrogens (tertiary/aromatic N) is 3. The Morgan fingerprint density at radius 2 is 2.27 bits per heavy atom. The van der Waals surface area contributed by atoms with E-state index in [4.69, 9.17) is 5.26 Å². The molecule has 0 radical (unpaired) electrons. The minimum Gasteiger partial charge on any atom is -0.332 e.